The molecular weight excluding hydrogens is 265 g/mol. The SMILES string of the molecule is CC(C)NCC1(c2c(Cl)cccc2Cl)CC=CC1. The fourth-order valence-electron chi connectivity index (χ4n) is 2.54. The molecule has 0 amide bonds. The largest absolute Gasteiger partial charge is 0.314 e. The van der Waals surface area contributed by atoms with E-state index < -0.39 is 0 Å². The molecule has 3 heteroatoms. The third kappa shape index (κ3) is 2.74. The van der Waals surface area contributed by atoms with Gasteiger partial charge in [0, 0.05) is 28.0 Å². The summed E-state index contributed by atoms with van der Waals surface area (Å²) in [5.41, 5.74) is 1.10. The molecule has 1 aliphatic carbocycles. The summed E-state index contributed by atoms with van der Waals surface area (Å²) in [6, 6.07) is 6.22. The van der Waals surface area contributed by atoms with Crippen LogP contribution in [-0.4, -0.2) is 12.6 Å². The lowest BCUT2D eigenvalue weighted by molar-refractivity contribution is 0.399. The lowest BCUT2D eigenvalue weighted by atomic mass is 9.78. The minimum atomic E-state index is 0.0136. The van der Waals surface area contributed by atoms with Crippen molar-refractivity contribution in [2.24, 2.45) is 0 Å². The average molecular weight is 284 g/mol. The fraction of sp³-hybridized carbons (Fsp3) is 0.467. The summed E-state index contributed by atoms with van der Waals surface area (Å²) in [4.78, 5) is 0. The molecule has 0 aliphatic heterocycles. The molecule has 0 heterocycles. The molecule has 0 unspecified atom stereocenters. The average Bonchev–Trinajstić information content (AvgIpc) is 2.76. The minimum absolute atomic E-state index is 0.0136. The van der Waals surface area contributed by atoms with Crippen LogP contribution in [0.3, 0.4) is 0 Å². The molecule has 1 nitrogen and oxygen atoms in total. The highest BCUT2D eigenvalue weighted by atomic mass is 35.5. The lowest BCUT2D eigenvalue weighted by Gasteiger charge is -2.32. The number of rotatable bonds is 4. The maximum absolute atomic E-state index is 6.37. The van der Waals surface area contributed by atoms with Crippen molar-refractivity contribution in [3.05, 3.63) is 46.0 Å². The van der Waals surface area contributed by atoms with Gasteiger partial charge in [0.05, 0.1) is 0 Å². The maximum atomic E-state index is 6.37. The molecule has 0 saturated carbocycles. The van der Waals surface area contributed by atoms with Gasteiger partial charge in [-0.2, -0.15) is 0 Å². The molecule has 0 aromatic heterocycles. The Bertz CT molecular complexity index is 424. The lowest BCUT2D eigenvalue weighted by Crippen LogP contribution is -2.39. The van der Waals surface area contributed by atoms with Crippen LogP contribution < -0.4 is 5.32 Å². The van der Waals surface area contributed by atoms with E-state index in [2.05, 4.69) is 31.3 Å². The molecule has 0 fully saturated rings. The van der Waals surface area contributed by atoms with Crippen molar-refractivity contribution < 1.29 is 0 Å². The Morgan fingerprint density at radius 3 is 2.22 bits per heavy atom. The molecule has 1 aromatic carbocycles. The summed E-state index contributed by atoms with van der Waals surface area (Å²) in [6.07, 6.45) is 6.44. The number of benzene rings is 1. The number of hydrogen-bond acceptors (Lipinski definition) is 1. The smallest absolute Gasteiger partial charge is 0.0459 e. The van der Waals surface area contributed by atoms with Crippen LogP contribution in [0.1, 0.15) is 32.3 Å². The number of hydrogen-bond donors (Lipinski definition) is 1. The third-order valence-electron chi connectivity index (χ3n) is 3.53. The van der Waals surface area contributed by atoms with Gasteiger partial charge in [0.15, 0.2) is 0 Å². The van der Waals surface area contributed by atoms with Gasteiger partial charge in [0.25, 0.3) is 0 Å². The van der Waals surface area contributed by atoms with Crippen LogP contribution in [0.25, 0.3) is 0 Å². The van der Waals surface area contributed by atoms with Crippen LogP contribution in [0.15, 0.2) is 30.4 Å². The fourth-order valence-corrected chi connectivity index (χ4v) is 3.34. The Morgan fingerprint density at radius 2 is 1.72 bits per heavy atom. The molecule has 0 saturated heterocycles. The van der Waals surface area contributed by atoms with E-state index in [9.17, 15) is 0 Å². The second-order valence-electron chi connectivity index (χ2n) is 5.29. The van der Waals surface area contributed by atoms with Gasteiger partial charge in [-0.1, -0.05) is 55.3 Å². The standard InChI is InChI=1S/C15H19Cl2N/c1-11(2)18-10-15(8-3-4-9-15)14-12(16)6-5-7-13(14)17/h3-7,11,18H,8-10H2,1-2H3. The zero-order valence-electron chi connectivity index (χ0n) is 10.8. The molecule has 1 N–H and O–H groups in total. The van der Waals surface area contributed by atoms with E-state index in [0.717, 1.165) is 35.0 Å². The summed E-state index contributed by atoms with van der Waals surface area (Å²) in [5.74, 6) is 0. The van der Waals surface area contributed by atoms with Gasteiger partial charge in [0.2, 0.25) is 0 Å². The number of nitrogens with one attached hydrogen (secondary N) is 1. The van der Waals surface area contributed by atoms with Gasteiger partial charge in [-0.25, -0.2) is 0 Å². The molecule has 18 heavy (non-hydrogen) atoms. The summed E-state index contributed by atoms with van der Waals surface area (Å²) in [6.45, 7) is 5.22. The Hall–Kier alpha value is -0.500. The second-order valence-corrected chi connectivity index (χ2v) is 6.11. The van der Waals surface area contributed by atoms with E-state index in [4.69, 9.17) is 23.2 Å². The first kappa shape index (κ1) is 13.9. The van der Waals surface area contributed by atoms with Gasteiger partial charge in [-0.05, 0) is 30.5 Å². The zero-order chi connectivity index (χ0) is 13.2. The molecule has 2 rings (SSSR count). The molecule has 0 bridgehead atoms. The van der Waals surface area contributed by atoms with Crippen LogP contribution in [0, 0.1) is 0 Å². The molecule has 0 spiro atoms. The van der Waals surface area contributed by atoms with Crippen LogP contribution in [0.2, 0.25) is 10.0 Å². The van der Waals surface area contributed by atoms with E-state index in [1.54, 1.807) is 0 Å². The minimum Gasteiger partial charge on any atom is -0.314 e. The van der Waals surface area contributed by atoms with E-state index in [1.165, 1.54) is 0 Å². The van der Waals surface area contributed by atoms with Crippen molar-refractivity contribution >= 4 is 23.2 Å². The molecular formula is C15H19Cl2N. The predicted octanol–water partition coefficient (Wildman–Crippen LogP) is 4.58. The normalized spacial score (nSPS) is 17.6. The topological polar surface area (TPSA) is 12.0 Å². The van der Waals surface area contributed by atoms with Crippen LogP contribution in [0.5, 0.6) is 0 Å². The van der Waals surface area contributed by atoms with Gasteiger partial charge in [-0.15, -0.1) is 0 Å². The van der Waals surface area contributed by atoms with Gasteiger partial charge >= 0.3 is 0 Å². The third-order valence-corrected chi connectivity index (χ3v) is 4.16. The maximum Gasteiger partial charge on any atom is 0.0459 e. The van der Waals surface area contributed by atoms with E-state index in [0.29, 0.717) is 6.04 Å². The Balaban J connectivity index is 2.35. The molecule has 0 radical (unpaired) electrons. The van der Waals surface area contributed by atoms with Crippen molar-refractivity contribution in [2.45, 2.75) is 38.1 Å². The molecule has 98 valence electrons. The summed E-state index contributed by atoms with van der Waals surface area (Å²) < 4.78 is 0. The first-order valence-corrected chi connectivity index (χ1v) is 7.14. The highest BCUT2D eigenvalue weighted by molar-refractivity contribution is 6.36. The van der Waals surface area contributed by atoms with Crippen molar-refractivity contribution in [2.75, 3.05) is 6.54 Å². The van der Waals surface area contributed by atoms with Crippen molar-refractivity contribution in [3.63, 3.8) is 0 Å². The van der Waals surface area contributed by atoms with Crippen molar-refractivity contribution in [1.29, 1.82) is 0 Å². The highest BCUT2D eigenvalue weighted by Gasteiger charge is 2.36. The first-order chi connectivity index (χ1) is 8.55. The predicted molar refractivity (Wildman–Crippen MR) is 79.7 cm³/mol. The van der Waals surface area contributed by atoms with Gasteiger partial charge < -0.3 is 5.32 Å². The summed E-state index contributed by atoms with van der Waals surface area (Å²) in [5, 5.41) is 5.07. The van der Waals surface area contributed by atoms with E-state index >= 15 is 0 Å². The molecule has 0 atom stereocenters. The Labute approximate surface area is 119 Å². The van der Waals surface area contributed by atoms with Crippen LogP contribution in [0.4, 0.5) is 0 Å². The van der Waals surface area contributed by atoms with Crippen LogP contribution >= 0.6 is 23.2 Å². The van der Waals surface area contributed by atoms with Gasteiger partial charge in [-0.3, -0.25) is 0 Å². The monoisotopic (exact) mass is 283 g/mol. The van der Waals surface area contributed by atoms with E-state index in [1.807, 2.05) is 18.2 Å². The Morgan fingerprint density at radius 1 is 1.17 bits per heavy atom. The molecule has 1 aliphatic rings. The second kappa shape index (κ2) is 5.64. The highest BCUT2D eigenvalue weighted by Crippen LogP contribution is 2.43. The number of allylic oxidation sites excluding steroid dienone is 2. The molecule has 1 aromatic rings. The number of halogens is 2. The van der Waals surface area contributed by atoms with Crippen molar-refractivity contribution in [1.82, 2.24) is 5.32 Å². The van der Waals surface area contributed by atoms with Crippen molar-refractivity contribution in [3.8, 4) is 0 Å². The Kier molecular flexibility index (Phi) is 4.37. The van der Waals surface area contributed by atoms with E-state index in [-0.39, 0.29) is 5.41 Å². The first-order valence-electron chi connectivity index (χ1n) is 6.38. The zero-order valence-corrected chi connectivity index (χ0v) is 12.4. The summed E-state index contributed by atoms with van der Waals surface area (Å²) in [7, 11) is 0. The van der Waals surface area contributed by atoms with Crippen LogP contribution in [-0.2, 0) is 5.41 Å². The van der Waals surface area contributed by atoms with Gasteiger partial charge in [0.1, 0.15) is 0 Å². The quantitative estimate of drug-likeness (QED) is 0.798. The summed E-state index contributed by atoms with van der Waals surface area (Å²) >= 11 is 12.7.